The standard InChI is InChI=1S/C32H33N7O4/c1-19(40)35-23-9-10-26-22(14-23)15-25(30-24-13-20(18-39(26)30)17-38-27(24)6-2-8-29(38)41)32(42)34-12-4-7-28-36-31(37-43-28)21-5-3-11-33-16-21/h2-3,5-6,8-11,14,16,20,24-25,30H,4,7,12-13,15,17-18H2,1H3,(H,34,42)(H,35,40). The second-order valence-electron chi connectivity index (χ2n) is 11.7. The molecule has 1 aromatic carbocycles. The molecule has 6 heterocycles. The molecule has 3 aliphatic rings. The molecule has 4 unspecified atom stereocenters. The molecule has 11 heteroatoms. The van der Waals surface area contributed by atoms with Gasteiger partial charge in [-0.05, 0) is 67.1 Å². The lowest BCUT2D eigenvalue weighted by molar-refractivity contribution is -0.126. The molecular formula is C32H33N7O4. The Balaban J connectivity index is 1.11. The third-order valence-corrected chi connectivity index (χ3v) is 8.87. The summed E-state index contributed by atoms with van der Waals surface area (Å²) >= 11 is 0. The van der Waals surface area contributed by atoms with E-state index in [-0.39, 0.29) is 35.3 Å². The Kier molecular flexibility index (Phi) is 7.00. The van der Waals surface area contributed by atoms with Crippen LogP contribution in [0.2, 0.25) is 0 Å². The quantitative estimate of drug-likeness (QED) is 0.319. The molecule has 11 nitrogen and oxygen atoms in total. The first kappa shape index (κ1) is 27.1. The fourth-order valence-electron chi connectivity index (χ4n) is 7.15. The predicted molar refractivity (Wildman–Crippen MR) is 159 cm³/mol. The molecule has 3 aliphatic heterocycles. The molecule has 0 spiro atoms. The van der Waals surface area contributed by atoms with Gasteiger partial charge in [0.1, 0.15) is 0 Å². The van der Waals surface area contributed by atoms with Gasteiger partial charge >= 0.3 is 0 Å². The summed E-state index contributed by atoms with van der Waals surface area (Å²) < 4.78 is 7.32. The number of nitrogens with one attached hydrogen (secondary N) is 2. The molecule has 4 aromatic rings. The summed E-state index contributed by atoms with van der Waals surface area (Å²) in [5, 5.41) is 10.1. The average molecular weight is 580 g/mol. The van der Waals surface area contributed by atoms with Gasteiger partial charge in [-0.1, -0.05) is 11.2 Å². The van der Waals surface area contributed by atoms with E-state index in [2.05, 4.69) is 36.7 Å². The molecule has 3 aromatic heterocycles. The smallest absolute Gasteiger partial charge is 0.250 e. The van der Waals surface area contributed by atoms with Gasteiger partial charge in [-0.3, -0.25) is 19.4 Å². The van der Waals surface area contributed by atoms with E-state index in [1.807, 2.05) is 41.0 Å². The minimum Gasteiger partial charge on any atom is -0.366 e. The summed E-state index contributed by atoms with van der Waals surface area (Å²) in [6, 6.07) is 15.1. The zero-order chi connectivity index (χ0) is 29.5. The number of nitrogens with zero attached hydrogens (tertiary/aromatic N) is 5. The van der Waals surface area contributed by atoms with Crippen LogP contribution in [0.5, 0.6) is 0 Å². The Morgan fingerprint density at radius 2 is 2.02 bits per heavy atom. The summed E-state index contributed by atoms with van der Waals surface area (Å²) in [5.41, 5.74) is 4.69. The van der Waals surface area contributed by atoms with Crippen molar-refractivity contribution in [2.24, 2.45) is 11.8 Å². The maximum Gasteiger partial charge on any atom is 0.250 e. The van der Waals surface area contributed by atoms with Crippen molar-refractivity contribution in [2.45, 2.75) is 51.1 Å². The van der Waals surface area contributed by atoms with Gasteiger partial charge < -0.3 is 24.6 Å². The molecule has 1 fully saturated rings. The van der Waals surface area contributed by atoms with Crippen LogP contribution in [-0.2, 0) is 29.0 Å². The van der Waals surface area contributed by atoms with Crippen LogP contribution < -0.4 is 21.1 Å². The lowest BCUT2D eigenvalue weighted by atomic mass is 9.69. The van der Waals surface area contributed by atoms with E-state index in [4.69, 9.17) is 4.52 Å². The number of rotatable bonds is 7. The Morgan fingerprint density at radius 1 is 1.12 bits per heavy atom. The Labute approximate surface area is 248 Å². The van der Waals surface area contributed by atoms with Gasteiger partial charge in [-0.25, -0.2) is 0 Å². The number of carbonyl (C=O) groups excluding carboxylic acids is 2. The maximum atomic E-state index is 13.9. The van der Waals surface area contributed by atoms with Gasteiger partial charge in [0.05, 0.1) is 5.92 Å². The summed E-state index contributed by atoms with van der Waals surface area (Å²) in [7, 11) is 0. The number of aromatic nitrogens is 4. The molecule has 1 saturated heterocycles. The van der Waals surface area contributed by atoms with Crippen LogP contribution >= 0.6 is 0 Å². The van der Waals surface area contributed by atoms with E-state index in [1.165, 1.54) is 6.92 Å². The van der Waals surface area contributed by atoms with Crippen molar-refractivity contribution in [3.8, 4) is 11.4 Å². The number of aryl methyl sites for hydroxylation is 1. The SMILES string of the molecule is CC(=O)Nc1ccc2c(c1)CC(C(=O)NCCCc1nc(-c3cccnc3)no1)C1C3CC(CN21)Cn1c3cccc1=O. The van der Waals surface area contributed by atoms with E-state index in [0.29, 0.717) is 50.0 Å². The van der Waals surface area contributed by atoms with Gasteiger partial charge in [-0.15, -0.1) is 0 Å². The van der Waals surface area contributed by atoms with Crippen molar-refractivity contribution in [2.75, 3.05) is 23.3 Å². The van der Waals surface area contributed by atoms with E-state index < -0.39 is 0 Å². The number of fused-ring (bicyclic) bond motifs is 8. The molecule has 0 aliphatic carbocycles. The largest absolute Gasteiger partial charge is 0.366 e. The minimum atomic E-state index is -0.325. The van der Waals surface area contributed by atoms with Crippen molar-refractivity contribution in [1.82, 2.24) is 25.0 Å². The molecule has 0 radical (unpaired) electrons. The van der Waals surface area contributed by atoms with Crippen LogP contribution in [0.25, 0.3) is 11.4 Å². The number of hydrogen-bond acceptors (Lipinski definition) is 8. The summed E-state index contributed by atoms with van der Waals surface area (Å²) in [4.78, 5) is 49.4. The highest BCUT2D eigenvalue weighted by atomic mass is 16.5. The topological polar surface area (TPSA) is 135 Å². The summed E-state index contributed by atoms with van der Waals surface area (Å²) in [6.07, 6.45) is 6.06. The Bertz CT molecular complexity index is 1730. The number of pyridine rings is 2. The minimum absolute atomic E-state index is 0.0130. The second kappa shape index (κ2) is 11.1. The summed E-state index contributed by atoms with van der Waals surface area (Å²) in [5.74, 6) is 0.906. The lowest BCUT2D eigenvalue weighted by Crippen LogP contribution is -2.60. The van der Waals surface area contributed by atoms with Crippen molar-refractivity contribution in [1.29, 1.82) is 0 Å². The molecular weight excluding hydrogens is 546 g/mol. The van der Waals surface area contributed by atoms with Gasteiger partial charge in [0.15, 0.2) is 0 Å². The van der Waals surface area contributed by atoms with Gasteiger partial charge in [-0.2, -0.15) is 4.98 Å². The maximum absolute atomic E-state index is 13.9. The Hall–Kier alpha value is -4.80. The predicted octanol–water partition coefficient (Wildman–Crippen LogP) is 3.17. The van der Waals surface area contributed by atoms with Gasteiger partial charge in [0.25, 0.3) is 5.56 Å². The molecule has 4 atom stereocenters. The molecule has 220 valence electrons. The van der Waals surface area contributed by atoms with E-state index in [1.54, 1.807) is 18.5 Å². The number of piperidine rings is 1. The third kappa shape index (κ3) is 5.19. The normalized spacial score (nSPS) is 21.7. The summed E-state index contributed by atoms with van der Waals surface area (Å²) in [6.45, 7) is 3.41. The zero-order valence-electron chi connectivity index (χ0n) is 23.9. The average Bonchev–Trinajstić information content (AvgIpc) is 3.48. The van der Waals surface area contributed by atoms with Gasteiger partial charge in [0, 0.05) is 86.0 Å². The van der Waals surface area contributed by atoms with Crippen molar-refractivity contribution < 1.29 is 14.1 Å². The van der Waals surface area contributed by atoms with E-state index in [9.17, 15) is 14.4 Å². The monoisotopic (exact) mass is 579 g/mol. The van der Waals surface area contributed by atoms with Crippen LogP contribution in [0.4, 0.5) is 11.4 Å². The zero-order valence-corrected chi connectivity index (χ0v) is 23.9. The highest BCUT2D eigenvalue weighted by Gasteiger charge is 2.49. The number of hydrogen-bond donors (Lipinski definition) is 2. The van der Waals surface area contributed by atoms with Crippen molar-refractivity contribution >= 4 is 23.2 Å². The molecule has 0 saturated carbocycles. The highest BCUT2D eigenvalue weighted by molar-refractivity contribution is 5.89. The number of carbonyl (C=O) groups is 2. The molecule has 7 rings (SSSR count). The fraction of sp³-hybridized carbons (Fsp3) is 0.375. The molecule has 2 N–H and O–H groups in total. The lowest BCUT2D eigenvalue weighted by Gasteiger charge is -2.54. The number of anilines is 2. The first-order valence-electron chi connectivity index (χ1n) is 14.8. The van der Waals surface area contributed by atoms with Crippen LogP contribution in [0, 0.1) is 11.8 Å². The van der Waals surface area contributed by atoms with Crippen LogP contribution in [0.15, 0.2) is 70.2 Å². The number of benzene rings is 1. The third-order valence-electron chi connectivity index (χ3n) is 8.87. The van der Waals surface area contributed by atoms with E-state index >= 15 is 0 Å². The van der Waals surface area contributed by atoms with Crippen LogP contribution in [0.3, 0.4) is 0 Å². The Morgan fingerprint density at radius 3 is 2.86 bits per heavy atom. The van der Waals surface area contributed by atoms with Crippen LogP contribution in [0.1, 0.15) is 42.8 Å². The first-order chi connectivity index (χ1) is 20.9. The van der Waals surface area contributed by atoms with Crippen molar-refractivity contribution in [3.63, 3.8) is 0 Å². The molecule has 43 heavy (non-hydrogen) atoms. The fourth-order valence-corrected chi connectivity index (χ4v) is 7.15. The first-order valence-corrected chi connectivity index (χ1v) is 14.8. The van der Waals surface area contributed by atoms with E-state index in [0.717, 1.165) is 41.2 Å². The number of amides is 2. The molecule has 2 amide bonds. The highest BCUT2D eigenvalue weighted by Crippen LogP contribution is 2.48. The second-order valence-corrected chi connectivity index (χ2v) is 11.7. The van der Waals surface area contributed by atoms with Crippen molar-refractivity contribution in [3.05, 3.63) is 88.4 Å². The van der Waals surface area contributed by atoms with Crippen LogP contribution in [-0.4, -0.2) is 50.6 Å². The molecule has 2 bridgehead atoms. The van der Waals surface area contributed by atoms with Gasteiger partial charge in [0.2, 0.25) is 23.5 Å².